The largest absolute Gasteiger partial charge is 0.121 e. The van der Waals surface area contributed by atoms with Gasteiger partial charge in [-0.1, -0.05) is 190 Å². The maximum Gasteiger partial charge on any atom is 0.0718 e. The molecule has 0 aliphatic carbocycles. The van der Waals surface area contributed by atoms with Crippen LogP contribution in [-0.2, 0) is 0 Å². The monoisotopic (exact) mass is 916 g/mol. The second kappa shape index (κ2) is 15.2. The lowest BCUT2D eigenvalue weighted by Gasteiger charge is -2.12. The van der Waals surface area contributed by atoms with E-state index in [0.29, 0.717) is 0 Å². The predicted molar refractivity (Wildman–Crippen MR) is 255 cm³/mol. The third kappa shape index (κ3) is 6.46. The highest BCUT2D eigenvalue weighted by molar-refractivity contribution is 8.53. The lowest BCUT2D eigenvalue weighted by molar-refractivity contribution is 1.69. The van der Waals surface area contributed by atoms with Crippen molar-refractivity contribution in [2.75, 3.05) is 25.0 Å². The van der Waals surface area contributed by atoms with E-state index in [9.17, 15) is 0 Å². The minimum atomic E-state index is 1.36. The average molecular weight is 918 g/mol. The molecule has 6 heterocycles. The van der Waals surface area contributed by atoms with Crippen molar-refractivity contribution in [2.45, 2.75) is 0 Å². The van der Waals surface area contributed by atoms with E-state index in [1.807, 2.05) is 188 Å². The molecule has 48 heavy (non-hydrogen) atoms. The van der Waals surface area contributed by atoms with Crippen LogP contribution in [0.1, 0.15) is 0 Å². The van der Waals surface area contributed by atoms with E-state index in [-0.39, 0.29) is 0 Å². The second-order valence-electron chi connectivity index (χ2n) is 9.91. The van der Waals surface area contributed by atoms with E-state index in [1.54, 1.807) is 0 Å². The zero-order valence-corrected chi connectivity index (χ0v) is 38.2. The Hall–Kier alpha value is 1.96. The molecular weight excluding hydrogens is 897 g/mol. The Morgan fingerprint density at radius 2 is 0.500 bits per heavy atom. The quantitative estimate of drug-likeness (QED) is 0.228. The zero-order valence-electron chi connectivity index (χ0n) is 25.2. The number of hydrogen-bond acceptors (Lipinski definition) is 16. The normalized spacial score (nSPS) is 21.3. The maximum absolute atomic E-state index is 2.35. The standard InChI is InChI=1S/C32H20S16/c1-33-21-22(34-2)42-29(41-21)31-45-25-26(46-31)38-19(37-25)17-13-9-5-7-11-15(13)18(16-12-8-6-10-14(16)17)20-39-27-28(40-20)48-32(47-27)30-43-23(35-3)24(36-4)44-30/h5-12H,1-4H3. The fourth-order valence-electron chi connectivity index (χ4n) is 5.32. The molecule has 16 heteroatoms. The third-order valence-electron chi connectivity index (χ3n) is 7.31. The van der Waals surface area contributed by atoms with Crippen molar-refractivity contribution in [3.63, 3.8) is 0 Å². The van der Waals surface area contributed by atoms with Crippen molar-refractivity contribution in [1.29, 1.82) is 0 Å². The van der Waals surface area contributed by atoms with Gasteiger partial charge in [-0.3, -0.25) is 0 Å². The lowest BCUT2D eigenvalue weighted by Crippen LogP contribution is -2.16. The molecule has 9 rings (SSSR count). The van der Waals surface area contributed by atoms with Gasteiger partial charge in [-0.05, 0) is 46.6 Å². The molecule has 0 radical (unpaired) electrons. The van der Waals surface area contributed by atoms with Crippen molar-refractivity contribution < 1.29 is 0 Å². The molecule has 0 aromatic heterocycles. The van der Waals surface area contributed by atoms with Gasteiger partial charge in [0.15, 0.2) is 0 Å². The van der Waals surface area contributed by atoms with Crippen LogP contribution in [0.25, 0.3) is 30.0 Å². The van der Waals surface area contributed by atoms with Gasteiger partial charge >= 0.3 is 0 Å². The Morgan fingerprint density at radius 1 is 0.292 bits per heavy atom. The highest BCUT2D eigenvalue weighted by atomic mass is 32.3. The van der Waals surface area contributed by atoms with Crippen LogP contribution in [0.15, 0.2) is 99.4 Å². The van der Waals surface area contributed by atoms with Crippen LogP contribution in [0.4, 0.5) is 0 Å². The van der Waals surface area contributed by atoms with Gasteiger partial charge in [-0.25, -0.2) is 0 Å². The first-order valence-corrected chi connectivity index (χ1v) is 28.7. The molecule has 0 nitrogen and oxygen atoms in total. The molecule has 0 N–H and O–H groups in total. The van der Waals surface area contributed by atoms with Crippen molar-refractivity contribution in [3.8, 4) is 0 Å². The fraction of sp³-hybridized carbons (Fsp3) is 0.125. The molecule has 0 spiro atoms. The van der Waals surface area contributed by atoms with Crippen LogP contribution in [0.2, 0.25) is 0 Å². The van der Waals surface area contributed by atoms with Crippen molar-refractivity contribution in [2.24, 2.45) is 0 Å². The van der Waals surface area contributed by atoms with Gasteiger partial charge in [0.1, 0.15) is 0 Å². The number of benzene rings is 3. The Labute approximate surface area is 348 Å². The van der Waals surface area contributed by atoms with Crippen LogP contribution in [0.5, 0.6) is 0 Å². The van der Waals surface area contributed by atoms with Crippen LogP contribution in [0, 0.1) is 0 Å². The van der Waals surface area contributed by atoms with Crippen molar-refractivity contribution in [1.82, 2.24) is 0 Å². The summed E-state index contributed by atoms with van der Waals surface area (Å²) in [6, 6.07) is 18.3. The molecule has 0 saturated carbocycles. The molecule has 0 saturated heterocycles. The first-order valence-electron chi connectivity index (χ1n) is 14.0. The summed E-state index contributed by atoms with van der Waals surface area (Å²) >= 11 is 31.2. The van der Waals surface area contributed by atoms with Gasteiger partial charge in [0.25, 0.3) is 0 Å². The fourth-order valence-corrected chi connectivity index (χ4v) is 28.9. The molecule has 0 bridgehead atoms. The van der Waals surface area contributed by atoms with Gasteiger partial charge in [0.2, 0.25) is 0 Å². The molecule has 6 aliphatic rings. The summed E-state index contributed by atoms with van der Waals surface area (Å²) in [5.74, 6) is 0. The van der Waals surface area contributed by atoms with E-state index in [0.717, 1.165) is 0 Å². The van der Waals surface area contributed by atoms with E-state index in [2.05, 4.69) is 73.6 Å². The molecule has 0 amide bonds. The number of hydrogen-bond donors (Lipinski definition) is 0. The van der Waals surface area contributed by atoms with E-state index >= 15 is 0 Å². The number of rotatable bonds is 4. The predicted octanol–water partition coefficient (Wildman–Crippen LogP) is 15.2. The van der Waals surface area contributed by atoms with E-state index < -0.39 is 0 Å². The minimum Gasteiger partial charge on any atom is -0.121 e. The van der Waals surface area contributed by atoms with Gasteiger partial charge in [-0.2, -0.15) is 0 Å². The van der Waals surface area contributed by atoms with E-state index in [1.165, 1.54) is 91.3 Å². The smallest absolute Gasteiger partial charge is 0.0718 e. The molecule has 0 atom stereocenters. The van der Waals surface area contributed by atoms with Gasteiger partial charge in [-0.15, -0.1) is 47.0 Å². The van der Waals surface area contributed by atoms with Gasteiger partial charge in [0.05, 0.1) is 59.3 Å². The Bertz CT molecular complexity index is 1990. The first kappa shape index (κ1) is 35.6. The average Bonchev–Trinajstić information content (AvgIpc) is 3.95. The highest BCUT2D eigenvalue weighted by Gasteiger charge is 2.37. The van der Waals surface area contributed by atoms with Crippen LogP contribution in [-0.4, -0.2) is 25.0 Å². The molecular formula is C32H20S16. The topological polar surface area (TPSA) is 0 Å². The van der Waals surface area contributed by atoms with Crippen molar-refractivity contribution in [3.05, 3.63) is 110 Å². The van der Waals surface area contributed by atoms with E-state index in [4.69, 9.17) is 0 Å². The summed E-state index contributed by atoms with van der Waals surface area (Å²) < 4.78 is 20.2. The third-order valence-corrected chi connectivity index (χ3v) is 30.1. The highest BCUT2D eigenvalue weighted by Crippen LogP contribution is 2.72. The SMILES string of the molecule is CSC1=C(SC)SC(=C2SC3=C(S2)SC(=c2c4ccccc4c(=C4SC5=C(SC(=C6SC(SC)=C(SC)S6)S5)S4)c4ccccc24)S3)S1. The molecule has 244 valence electrons. The molecule has 0 unspecified atom stereocenters. The summed E-state index contributed by atoms with van der Waals surface area (Å²) in [5, 5.41) is 8.23. The first-order chi connectivity index (χ1) is 23.6. The minimum absolute atomic E-state index is 1.36. The number of thioether (sulfide) groups is 16. The van der Waals surface area contributed by atoms with Crippen LogP contribution < -0.4 is 10.4 Å². The molecule has 6 aliphatic heterocycles. The zero-order chi connectivity index (χ0) is 32.5. The Morgan fingerprint density at radius 3 is 0.729 bits per heavy atom. The summed E-state index contributed by atoms with van der Waals surface area (Å²) in [4.78, 5) is 0. The van der Waals surface area contributed by atoms with Gasteiger partial charge in [0, 0.05) is 10.4 Å². The Balaban J connectivity index is 1.07. The second-order valence-corrected chi connectivity index (χ2v) is 29.0. The molecule has 0 fully saturated rings. The summed E-state index contributed by atoms with van der Waals surface area (Å²) in [7, 11) is 0. The lowest BCUT2D eigenvalue weighted by atomic mass is 9.99. The Kier molecular flexibility index (Phi) is 11.3. The maximum atomic E-state index is 2.35. The van der Waals surface area contributed by atoms with Crippen LogP contribution in [0.3, 0.4) is 0 Å². The summed E-state index contributed by atoms with van der Waals surface area (Å²) in [5.41, 5.74) is 0. The molecule has 3 aromatic carbocycles. The van der Waals surface area contributed by atoms with Crippen molar-refractivity contribution >= 4 is 218 Å². The molecule has 3 aromatic rings. The van der Waals surface area contributed by atoms with Gasteiger partial charge < -0.3 is 0 Å². The van der Waals surface area contributed by atoms with Crippen LogP contribution >= 0.6 is 188 Å². The summed E-state index contributed by atoms with van der Waals surface area (Å²) in [6.45, 7) is 0. The number of fused-ring (bicyclic) bond motifs is 2. The summed E-state index contributed by atoms with van der Waals surface area (Å²) in [6.07, 6.45) is 8.78.